The van der Waals surface area contributed by atoms with Crippen molar-refractivity contribution in [1.29, 1.82) is 0 Å². The molecule has 0 heterocycles. The summed E-state index contributed by atoms with van der Waals surface area (Å²) in [5, 5.41) is 9.89. The number of phosphoric acid groups is 1. The van der Waals surface area contributed by atoms with Crippen LogP contribution < -0.4 is 0 Å². The average Bonchev–Trinajstić information content (AvgIpc) is 3.55. The Morgan fingerprint density at radius 2 is 0.583 bits per heavy atom. The molecule has 0 radical (unpaired) electrons. The maximum Gasteiger partial charge on any atom is 0.472 e. The van der Waals surface area contributed by atoms with Crippen LogP contribution in [-0.2, 0) is 42.2 Å². The van der Waals surface area contributed by atoms with E-state index in [1.54, 1.807) is 0 Å². The lowest BCUT2D eigenvalue weighted by atomic mass is 10.1. The summed E-state index contributed by atoms with van der Waals surface area (Å²) >= 11 is 0. The van der Waals surface area contributed by atoms with Crippen molar-refractivity contribution >= 4 is 25.7 Å². The minimum Gasteiger partial charge on any atom is -0.462 e. The van der Waals surface area contributed by atoms with Gasteiger partial charge < -0.3 is 24.2 Å². The minimum absolute atomic E-state index is 0.163. The summed E-state index contributed by atoms with van der Waals surface area (Å²) in [6, 6.07) is 0. The Kier molecular flexibility index (Phi) is 63.9. The second-order valence-electron chi connectivity index (χ2n) is 23.7. The van der Waals surface area contributed by atoms with Crippen LogP contribution in [0.4, 0.5) is 0 Å². The Morgan fingerprint density at radius 3 is 0.929 bits per heavy atom. The van der Waals surface area contributed by atoms with Gasteiger partial charge in [0.15, 0.2) is 6.10 Å². The van der Waals surface area contributed by atoms with Crippen LogP contribution in [0.3, 0.4) is 0 Å². The van der Waals surface area contributed by atoms with Crippen LogP contribution in [0.1, 0.15) is 342 Å². The summed E-state index contributed by atoms with van der Waals surface area (Å²) in [7, 11) is -4.76. The van der Waals surface area contributed by atoms with Crippen molar-refractivity contribution in [3.63, 3.8) is 0 Å². The third kappa shape index (κ3) is 63.7. The molecule has 0 aromatic rings. The fraction of sp³-hybridized carbons (Fsp3) is 0.819. The Labute approximate surface area is 516 Å². The van der Waals surface area contributed by atoms with Gasteiger partial charge in [0.05, 0.1) is 19.8 Å². The highest BCUT2D eigenvalue weighted by Crippen LogP contribution is 2.43. The molecule has 3 unspecified atom stereocenters. The fourth-order valence-electron chi connectivity index (χ4n) is 10.0. The Hall–Kier alpha value is -2.82. The van der Waals surface area contributed by atoms with Crippen molar-refractivity contribution in [2.24, 2.45) is 0 Å². The molecule has 0 saturated carbocycles. The van der Waals surface area contributed by atoms with Gasteiger partial charge in [-0.05, 0) is 109 Å². The number of allylic oxidation sites excluding steroid dienone is 10. The van der Waals surface area contributed by atoms with Gasteiger partial charge in [-0.3, -0.25) is 23.4 Å². The largest absolute Gasteiger partial charge is 0.472 e. The zero-order valence-corrected chi connectivity index (χ0v) is 55.5. The molecule has 84 heavy (non-hydrogen) atoms. The van der Waals surface area contributed by atoms with Crippen molar-refractivity contribution < 1.29 is 52.2 Å². The summed E-state index contributed by atoms with van der Waals surface area (Å²) in [4.78, 5) is 48.9. The standard InChI is InChI=1S/C72H131O11P/c1-4-7-10-13-16-19-22-25-28-31-34-37-40-43-46-49-52-55-58-61-70(74)79-65-69(83-72(76)63-60-57-54-51-48-45-42-39-36-33-30-27-24-21-18-15-12-9-6-3)67-81-84(77,78)80-66-68(64-73)82-71(75)62-59-56-53-50-47-44-41-38-35-32-29-26-23-20-17-14-11-8-5-2/h16,19,25-30,34,37,68-69,73H,4-15,17-18,20-24,31-33,35-36,38-67H2,1-3H3,(H,77,78)/b19-16-,28-25-,29-26-,30-27-,37-34-. The van der Waals surface area contributed by atoms with Gasteiger partial charge in [-0.25, -0.2) is 4.57 Å². The van der Waals surface area contributed by atoms with Gasteiger partial charge in [0.1, 0.15) is 12.7 Å². The molecule has 0 rings (SSSR count). The second kappa shape index (κ2) is 66.1. The Bertz CT molecular complexity index is 1640. The quantitative estimate of drug-likeness (QED) is 0.0197. The molecular formula is C72H131O11P. The molecule has 12 heteroatoms. The number of hydrogen-bond acceptors (Lipinski definition) is 10. The van der Waals surface area contributed by atoms with Crippen molar-refractivity contribution in [2.75, 3.05) is 26.4 Å². The molecule has 0 aromatic carbocycles. The van der Waals surface area contributed by atoms with E-state index in [1.807, 2.05) is 0 Å². The first kappa shape index (κ1) is 81.2. The summed E-state index contributed by atoms with van der Waals surface area (Å²) in [5.41, 5.74) is 0. The Balaban J connectivity index is 4.67. The predicted octanol–water partition coefficient (Wildman–Crippen LogP) is 21.8. The summed E-state index contributed by atoms with van der Waals surface area (Å²) in [6.07, 6.45) is 75.9. The molecular weight excluding hydrogens is 1070 g/mol. The molecule has 0 saturated heterocycles. The molecule has 0 amide bonds. The Morgan fingerprint density at radius 1 is 0.333 bits per heavy atom. The number of carbonyl (C=O) groups excluding carboxylic acids is 3. The van der Waals surface area contributed by atoms with Crippen LogP contribution in [0.5, 0.6) is 0 Å². The molecule has 0 aliphatic carbocycles. The maximum absolute atomic E-state index is 13.0. The minimum atomic E-state index is -4.76. The zero-order valence-electron chi connectivity index (χ0n) is 54.6. The highest BCUT2D eigenvalue weighted by Gasteiger charge is 2.28. The number of hydrogen-bond donors (Lipinski definition) is 2. The number of carbonyl (C=O) groups is 3. The molecule has 0 aliphatic rings. The van der Waals surface area contributed by atoms with E-state index in [1.165, 1.54) is 193 Å². The molecule has 0 aliphatic heterocycles. The topological polar surface area (TPSA) is 155 Å². The monoisotopic (exact) mass is 1200 g/mol. The van der Waals surface area contributed by atoms with Crippen molar-refractivity contribution in [2.45, 2.75) is 354 Å². The number of aliphatic hydroxyl groups excluding tert-OH is 1. The third-order valence-electron chi connectivity index (χ3n) is 15.4. The number of rotatable bonds is 66. The second-order valence-corrected chi connectivity index (χ2v) is 25.1. The molecule has 0 aromatic heterocycles. The SMILES string of the molecule is CCCCC/C=C\C/C=C\C/C=C\CCCCCCCCC(=O)OCC(COP(=O)(O)OCC(CO)OC(=O)CCCCCCCCCCC/C=C\CCCCCCCC)OC(=O)CCCCCCCCCCC/C=C\CCCCCCCC. The normalized spacial score (nSPS) is 13.5. The fourth-order valence-corrected chi connectivity index (χ4v) is 10.8. The molecule has 0 fully saturated rings. The van der Waals surface area contributed by atoms with Gasteiger partial charge in [-0.15, -0.1) is 0 Å². The number of unbranched alkanes of at least 4 members (excludes halogenated alkanes) is 39. The number of phosphoric ester groups is 1. The number of esters is 3. The summed E-state index contributed by atoms with van der Waals surface area (Å²) in [5.74, 6) is -1.46. The number of aliphatic hydroxyl groups is 1. The van der Waals surface area contributed by atoms with Gasteiger partial charge in [0, 0.05) is 19.3 Å². The van der Waals surface area contributed by atoms with E-state index < -0.39 is 57.8 Å². The van der Waals surface area contributed by atoms with Crippen molar-refractivity contribution in [3.05, 3.63) is 60.8 Å². The molecule has 0 spiro atoms. The van der Waals surface area contributed by atoms with E-state index in [0.29, 0.717) is 19.3 Å². The molecule has 11 nitrogen and oxygen atoms in total. The highest BCUT2D eigenvalue weighted by atomic mass is 31.2. The van der Waals surface area contributed by atoms with Crippen LogP contribution in [0.25, 0.3) is 0 Å². The van der Waals surface area contributed by atoms with Crippen LogP contribution in [-0.4, -0.2) is 66.5 Å². The van der Waals surface area contributed by atoms with Crippen LogP contribution >= 0.6 is 7.82 Å². The van der Waals surface area contributed by atoms with E-state index in [9.17, 15) is 28.9 Å². The summed E-state index contributed by atoms with van der Waals surface area (Å²) in [6.45, 7) is 4.67. The van der Waals surface area contributed by atoms with E-state index in [2.05, 4.69) is 81.5 Å². The van der Waals surface area contributed by atoms with Gasteiger partial charge >= 0.3 is 25.7 Å². The van der Waals surface area contributed by atoms with E-state index >= 15 is 0 Å². The third-order valence-corrected chi connectivity index (χ3v) is 16.3. The van der Waals surface area contributed by atoms with Gasteiger partial charge in [0.2, 0.25) is 0 Å². The molecule has 3 atom stereocenters. The first-order valence-corrected chi connectivity index (χ1v) is 36.7. The lowest BCUT2D eigenvalue weighted by molar-refractivity contribution is -0.161. The van der Waals surface area contributed by atoms with E-state index in [4.69, 9.17) is 23.3 Å². The van der Waals surface area contributed by atoms with Crippen molar-refractivity contribution in [1.82, 2.24) is 0 Å². The highest BCUT2D eigenvalue weighted by molar-refractivity contribution is 7.47. The average molecular weight is 1200 g/mol. The molecule has 490 valence electrons. The summed E-state index contributed by atoms with van der Waals surface area (Å²) < 4.78 is 39.8. The van der Waals surface area contributed by atoms with E-state index in [0.717, 1.165) is 89.9 Å². The predicted molar refractivity (Wildman–Crippen MR) is 353 cm³/mol. The van der Waals surface area contributed by atoms with E-state index in [-0.39, 0.29) is 25.9 Å². The van der Waals surface area contributed by atoms with Crippen LogP contribution in [0.2, 0.25) is 0 Å². The lowest BCUT2D eigenvalue weighted by Crippen LogP contribution is -2.30. The zero-order chi connectivity index (χ0) is 61.2. The first-order chi connectivity index (χ1) is 41.2. The van der Waals surface area contributed by atoms with Gasteiger partial charge in [-0.2, -0.15) is 0 Å². The van der Waals surface area contributed by atoms with Crippen molar-refractivity contribution in [3.8, 4) is 0 Å². The van der Waals surface area contributed by atoms with Crippen LogP contribution in [0.15, 0.2) is 60.8 Å². The maximum atomic E-state index is 13.0. The first-order valence-electron chi connectivity index (χ1n) is 35.2. The lowest BCUT2D eigenvalue weighted by Gasteiger charge is -2.21. The van der Waals surface area contributed by atoms with Gasteiger partial charge in [0.25, 0.3) is 0 Å². The smallest absolute Gasteiger partial charge is 0.462 e. The van der Waals surface area contributed by atoms with Gasteiger partial charge in [-0.1, -0.05) is 274 Å². The molecule has 0 bridgehead atoms. The number of ether oxygens (including phenoxy) is 3. The van der Waals surface area contributed by atoms with Crippen LogP contribution in [0, 0.1) is 0 Å². The molecule has 2 N–H and O–H groups in total.